The van der Waals surface area contributed by atoms with E-state index in [4.69, 9.17) is 9.47 Å². The minimum atomic E-state index is 0.112. The molecule has 1 unspecified atom stereocenters. The first-order valence-electron chi connectivity index (χ1n) is 10.2. The lowest BCUT2D eigenvalue weighted by molar-refractivity contribution is 0.235. The Bertz CT molecular complexity index is 972. The monoisotopic (exact) mass is 405 g/mol. The van der Waals surface area contributed by atoms with E-state index in [-0.39, 0.29) is 6.10 Å². The first-order chi connectivity index (χ1) is 14.7. The highest BCUT2D eigenvalue weighted by molar-refractivity contribution is 5.79. The van der Waals surface area contributed by atoms with Crippen LogP contribution in [0.4, 0.5) is 0 Å². The number of guanidine groups is 1. The molecule has 0 bridgehead atoms. The van der Waals surface area contributed by atoms with Crippen molar-refractivity contribution in [1.82, 2.24) is 20.4 Å². The van der Waals surface area contributed by atoms with Crippen LogP contribution in [0.5, 0.6) is 11.5 Å². The molecule has 1 aliphatic rings. The van der Waals surface area contributed by atoms with E-state index in [1.54, 1.807) is 7.11 Å². The number of hydrogen-bond donors (Lipinski definition) is 2. The third kappa shape index (κ3) is 4.74. The molecule has 0 spiro atoms. The summed E-state index contributed by atoms with van der Waals surface area (Å²) in [6, 6.07) is 18.0. The maximum absolute atomic E-state index is 6.00. The van der Waals surface area contributed by atoms with Gasteiger partial charge in [-0.3, -0.25) is 0 Å². The maximum atomic E-state index is 6.00. The molecule has 3 aromatic rings. The van der Waals surface area contributed by atoms with Gasteiger partial charge < -0.3 is 20.1 Å². The van der Waals surface area contributed by atoms with E-state index in [1.807, 2.05) is 53.3 Å². The van der Waals surface area contributed by atoms with Gasteiger partial charge in [-0.05, 0) is 48.9 Å². The zero-order chi connectivity index (χ0) is 20.8. The number of para-hydroxylation sites is 1. The molecule has 0 saturated heterocycles. The summed E-state index contributed by atoms with van der Waals surface area (Å²) in [5, 5.41) is 11.3. The van der Waals surface area contributed by atoms with Crippen molar-refractivity contribution < 1.29 is 9.47 Å². The smallest absolute Gasteiger partial charge is 0.191 e. The molecule has 1 atom stereocenters. The van der Waals surface area contributed by atoms with E-state index in [9.17, 15) is 0 Å². The average Bonchev–Trinajstić information content (AvgIpc) is 3.42. The fraction of sp³-hybridized carbons (Fsp3) is 0.304. The fourth-order valence-electron chi connectivity index (χ4n) is 3.40. The summed E-state index contributed by atoms with van der Waals surface area (Å²) >= 11 is 0. The van der Waals surface area contributed by atoms with Crippen LogP contribution < -0.4 is 20.1 Å². The predicted octanol–water partition coefficient (Wildman–Crippen LogP) is 2.94. The molecule has 0 fully saturated rings. The molecule has 1 aliphatic heterocycles. The van der Waals surface area contributed by atoms with Crippen molar-refractivity contribution in [3.63, 3.8) is 0 Å². The van der Waals surface area contributed by atoms with Crippen LogP contribution in [0.1, 0.15) is 18.2 Å². The Morgan fingerprint density at radius 2 is 2.00 bits per heavy atom. The number of hydrogen-bond acceptors (Lipinski definition) is 4. The summed E-state index contributed by atoms with van der Waals surface area (Å²) in [6.07, 6.45) is 2.96. The third-order valence-electron chi connectivity index (χ3n) is 4.94. The SMILES string of the molecule is CCNC(=NCc1ccn(-c2ccc(OC)cc2)n1)NCC1Cc2ccccc2O1. The Morgan fingerprint density at radius 3 is 2.77 bits per heavy atom. The van der Waals surface area contributed by atoms with Gasteiger partial charge in [-0.1, -0.05) is 18.2 Å². The van der Waals surface area contributed by atoms with Crippen LogP contribution in [-0.4, -0.2) is 42.0 Å². The molecule has 0 radical (unpaired) electrons. The molecule has 2 heterocycles. The van der Waals surface area contributed by atoms with Crippen LogP contribution in [-0.2, 0) is 13.0 Å². The van der Waals surface area contributed by atoms with Crippen molar-refractivity contribution in [3.05, 3.63) is 72.1 Å². The molecule has 2 N–H and O–H groups in total. The molecule has 4 rings (SSSR count). The largest absolute Gasteiger partial charge is 0.497 e. The number of aromatic nitrogens is 2. The quantitative estimate of drug-likeness (QED) is 0.467. The molecule has 30 heavy (non-hydrogen) atoms. The van der Waals surface area contributed by atoms with Crippen molar-refractivity contribution >= 4 is 5.96 Å². The van der Waals surface area contributed by atoms with Gasteiger partial charge >= 0.3 is 0 Å². The zero-order valence-corrected chi connectivity index (χ0v) is 17.3. The average molecular weight is 406 g/mol. The van der Waals surface area contributed by atoms with E-state index in [2.05, 4.69) is 39.8 Å². The summed E-state index contributed by atoms with van der Waals surface area (Å²) in [5.41, 5.74) is 3.14. The highest BCUT2D eigenvalue weighted by Crippen LogP contribution is 2.27. The number of fused-ring (bicyclic) bond motifs is 1. The molecular weight excluding hydrogens is 378 g/mol. The fourth-order valence-corrected chi connectivity index (χ4v) is 3.40. The summed E-state index contributed by atoms with van der Waals surface area (Å²) in [7, 11) is 1.66. The van der Waals surface area contributed by atoms with Gasteiger partial charge in [0.25, 0.3) is 0 Å². The Hall–Kier alpha value is -3.48. The van der Waals surface area contributed by atoms with Gasteiger partial charge in [0.15, 0.2) is 5.96 Å². The molecule has 0 aliphatic carbocycles. The number of nitrogens with zero attached hydrogens (tertiary/aromatic N) is 3. The van der Waals surface area contributed by atoms with Gasteiger partial charge in [-0.15, -0.1) is 0 Å². The van der Waals surface area contributed by atoms with Crippen molar-refractivity contribution in [2.75, 3.05) is 20.2 Å². The van der Waals surface area contributed by atoms with Gasteiger partial charge in [0.2, 0.25) is 0 Å². The topological polar surface area (TPSA) is 72.7 Å². The number of aliphatic imine (C=N–C) groups is 1. The summed E-state index contributed by atoms with van der Waals surface area (Å²) in [5.74, 6) is 2.57. The molecule has 2 aromatic carbocycles. The number of benzene rings is 2. The lowest BCUT2D eigenvalue weighted by atomic mass is 10.1. The molecule has 1 aromatic heterocycles. The molecule has 7 nitrogen and oxygen atoms in total. The van der Waals surface area contributed by atoms with Crippen LogP contribution in [0.2, 0.25) is 0 Å². The number of nitrogens with one attached hydrogen (secondary N) is 2. The van der Waals surface area contributed by atoms with E-state index < -0.39 is 0 Å². The molecular formula is C23H27N5O2. The van der Waals surface area contributed by atoms with Crippen molar-refractivity contribution in [3.8, 4) is 17.2 Å². The van der Waals surface area contributed by atoms with Crippen molar-refractivity contribution in [2.24, 2.45) is 4.99 Å². The van der Waals surface area contributed by atoms with Crippen molar-refractivity contribution in [2.45, 2.75) is 26.0 Å². The van der Waals surface area contributed by atoms with Crippen LogP contribution in [0.3, 0.4) is 0 Å². The van der Waals surface area contributed by atoms with Gasteiger partial charge in [-0.25, -0.2) is 9.67 Å². The molecule has 7 heteroatoms. The van der Waals surface area contributed by atoms with Gasteiger partial charge in [0.1, 0.15) is 17.6 Å². The first kappa shape index (κ1) is 19.8. The second-order valence-corrected chi connectivity index (χ2v) is 7.08. The second-order valence-electron chi connectivity index (χ2n) is 7.08. The summed E-state index contributed by atoms with van der Waals surface area (Å²) < 4.78 is 13.0. The lowest BCUT2D eigenvalue weighted by Crippen LogP contribution is -2.42. The van der Waals surface area contributed by atoms with Gasteiger partial charge in [-0.2, -0.15) is 5.10 Å². The minimum Gasteiger partial charge on any atom is -0.497 e. The van der Waals surface area contributed by atoms with Crippen LogP contribution in [0.15, 0.2) is 65.8 Å². The molecule has 0 saturated carbocycles. The van der Waals surface area contributed by atoms with Gasteiger partial charge in [0.05, 0.1) is 31.6 Å². The minimum absolute atomic E-state index is 0.112. The van der Waals surface area contributed by atoms with Crippen LogP contribution >= 0.6 is 0 Å². The lowest BCUT2D eigenvalue weighted by Gasteiger charge is -2.15. The predicted molar refractivity (Wildman–Crippen MR) is 117 cm³/mol. The Kier molecular flexibility index (Phi) is 6.17. The number of rotatable bonds is 7. The Balaban J connectivity index is 1.34. The van der Waals surface area contributed by atoms with E-state index in [0.29, 0.717) is 13.1 Å². The molecule has 156 valence electrons. The maximum Gasteiger partial charge on any atom is 0.191 e. The Morgan fingerprint density at radius 1 is 1.17 bits per heavy atom. The standard InChI is InChI=1S/C23H27N5O2/c1-3-24-23(26-16-21-14-17-6-4-5-7-22(17)30-21)25-15-18-12-13-28(27-18)19-8-10-20(29-2)11-9-19/h4-13,21H,3,14-16H2,1-2H3,(H2,24,25,26). The first-order valence-corrected chi connectivity index (χ1v) is 10.2. The second kappa shape index (κ2) is 9.35. The zero-order valence-electron chi connectivity index (χ0n) is 17.3. The highest BCUT2D eigenvalue weighted by atomic mass is 16.5. The summed E-state index contributed by atoms with van der Waals surface area (Å²) in [6.45, 7) is 4.03. The normalized spacial score (nSPS) is 15.4. The number of ether oxygens (including phenoxy) is 2. The van der Waals surface area contributed by atoms with E-state index >= 15 is 0 Å². The summed E-state index contributed by atoms with van der Waals surface area (Å²) in [4.78, 5) is 4.67. The van der Waals surface area contributed by atoms with Crippen molar-refractivity contribution in [1.29, 1.82) is 0 Å². The third-order valence-corrected chi connectivity index (χ3v) is 4.94. The molecule has 0 amide bonds. The highest BCUT2D eigenvalue weighted by Gasteiger charge is 2.22. The Labute approximate surface area is 176 Å². The number of methoxy groups -OCH3 is 1. The van der Waals surface area contributed by atoms with Crippen LogP contribution in [0, 0.1) is 0 Å². The van der Waals surface area contributed by atoms with Crippen LogP contribution in [0.25, 0.3) is 5.69 Å². The van der Waals surface area contributed by atoms with Gasteiger partial charge in [0, 0.05) is 19.2 Å². The van der Waals surface area contributed by atoms with E-state index in [0.717, 1.165) is 41.8 Å². The van der Waals surface area contributed by atoms with E-state index in [1.165, 1.54) is 5.56 Å².